The molecule has 0 aliphatic carbocycles. The maximum Gasteiger partial charge on any atom is 0.336 e. The Morgan fingerprint density at radius 2 is 2.05 bits per heavy atom. The van der Waals surface area contributed by atoms with Crippen molar-refractivity contribution in [2.75, 3.05) is 0 Å². The molecule has 0 aromatic carbocycles. The summed E-state index contributed by atoms with van der Waals surface area (Å²) in [7, 11) is 1.73. The average Bonchev–Trinajstić information content (AvgIpc) is 2.80. The molecule has 0 spiro atoms. The van der Waals surface area contributed by atoms with Crippen molar-refractivity contribution in [3.8, 4) is 11.3 Å². The van der Waals surface area contributed by atoms with Crippen molar-refractivity contribution in [3.63, 3.8) is 0 Å². The minimum absolute atomic E-state index is 0.199. The van der Waals surface area contributed by atoms with Crippen molar-refractivity contribution in [2.45, 2.75) is 0 Å². The number of carboxylic acids is 1. The molecule has 0 aliphatic rings. The SMILES string of the molecule is Cn1ncc2c(C(=O)O)cc(-c3ccncc3)nc21. The largest absolute Gasteiger partial charge is 0.478 e. The summed E-state index contributed by atoms with van der Waals surface area (Å²) in [5.74, 6) is -0.990. The molecule has 0 saturated heterocycles. The highest BCUT2D eigenvalue weighted by molar-refractivity contribution is 6.02. The van der Waals surface area contributed by atoms with Crippen molar-refractivity contribution < 1.29 is 9.90 Å². The predicted molar refractivity (Wildman–Crippen MR) is 68.7 cm³/mol. The fourth-order valence-electron chi connectivity index (χ4n) is 1.96. The molecule has 1 N–H and O–H groups in total. The molecular weight excluding hydrogens is 244 g/mol. The molecular formula is C13H10N4O2. The lowest BCUT2D eigenvalue weighted by Gasteiger charge is -2.04. The highest BCUT2D eigenvalue weighted by Gasteiger charge is 2.15. The summed E-state index contributed by atoms with van der Waals surface area (Å²) in [6, 6.07) is 5.13. The summed E-state index contributed by atoms with van der Waals surface area (Å²) in [4.78, 5) is 19.7. The summed E-state index contributed by atoms with van der Waals surface area (Å²) < 4.78 is 1.56. The molecule has 3 aromatic rings. The van der Waals surface area contributed by atoms with E-state index in [0.717, 1.165) is 5.56 Å². The first-order valence-electron chi connectivity index (χ1n) is 5.63. The van der Waals surface area contributed by atoms with Crippen LogP contribution in [0.25, 0.3) is 22.3 Å². The lowest BCUT2D eigenvalue weighted by atomic mass is 10.1. The zero-order valence-electron chi connectivity index (χ0n) is 10.1. The van der Waals surface area contributed by atoms with Crippen LogP contribution in [0.1, 0.15) is 10.4 Å². The van der Waals surface area contributed by atoms with Crippen molar-refractivity contribution in [1.29, 1.82) is 0 Å². The number of fused-ring (bicyclic) bond motifs is 1. The van der Waals surface area contributed by atoms with E-state index >= 15 is 0 Å². The molecule has 6 heteroatoms. The van der Waals surface area contributed by atoms with E-state index in [2.05, 4.69) is 15.1 Å². The average molecular weight is 254 g/mol. The summed E-state index contributed by atoms with van der Waals surface area (Å²) in [5, 5.41) is 13.9. The highest BCUT2D eigenvalue weighted by Crippen LogP contribution is 2.24. The fraction of sp³-hybridized carbons (Fsp3) is 0.0769. The van der Waals surface area contributed by atoms with Gasteiger partial charge >= 0.3 is 5.97 Å². The molecule has 6 nitrogen and oxygen atoms in total. The Hall–Kier alpha value is -2.76. The first kappa shape index (κ1) is 11.3. The summed E-state index contributed by atoms with van der Waals surface area (Å²) in [6.45, 7) is 0. The summed E-state index contributed by atoms with van der Waals surface area (Å²) in [6.07, 6.45) is 4.80. The van der Waals surface area contributed by atoms with E-state index in [1.807, 2.05) is 0 Å². The van der Waals surface area contributed by atoms with Crippen LogP contribution >= 0.6 is 0 Å². The van der Waals surface area contributed by atoms with Crippen LogP contribution in [0.4, 0.5) is 0 Å². The van der Waals surface area contributed by atoms with Crippen LogP contribution in [-0.2, 0) is 7.05 Å². The number of aryl methyl sites for hydroxylation is 1. The third-order valence-corrected chi connectivity index (χ3v) is 2.91. The van der Waals surface area contributed by atoms with E-state index in [1.54, 1.807) is 42.3 Å². The van der Waals surface area contributed by atoms with E-state index < -0.39 is 5.97 Å². The van der Waals surface area contributed by atoms with Crippen molar-refractivity contribution in [3.05, 3.63) is 42.4 Å². The Balaban J connectivity index is 2.33. The lowest BCUT2D eigenvalue weighted by molar-refractivity contribution is 0.0699. The predicted octanol–water partition coefficient (Wildman–Crippen LogP) is 1.73. The van der Waals surface area contributed by atoms with Gasteiger partial charge in [-0.3, -0.25) is 9.67 Å². The van der Waals surface area contributed by atoms with Gasteiger partial charge in [0, 0.05) is 25.0 Å². The Morgan fingerprint density at radius 3 is 2.74 bits per heavy atom. The summed E-state index contributed by atoms with van der Waals surface area (Å²) >= 11 is 0. The van der Waals surface area contributed by atoms with Crippen LogP contribution in [0, 0.1) is 0 Å². The van der Waals surface area contributed by atoms with Crippen LogP contribution in [-0.4, -0.2) is 30.8 Å². The van der Waals surface area contributed by atoms with Crippen LogP contribution in [0.3, 0.4) is 0 Å². The molecule has 0 bridgehead atoms. The van der Waals surface area contributed by atoms with Gasteiger partial charge in [0.15, 0.2) is 5.65 Å². The van der Waals surface area contributed by atoms with Gasteiger partial charge in [-0.2, -0.15) is 5.10 Å². The quantitative estimate of drug-likeness (QED) is 0.753. The maximum absolute atomic E-state index is 11.3. The molecule has 3 rings (SSSR count). The summed E-state index contributed by atoms with van der Waals surface area (Å²) in [5.41, 5.74) is 2.16. The highest BCUT2D eigenvalue weighted by atomic mass is 16.4. The van der Waals surface area contributed by atoms with Gasteiger partial charge in [-0.05, 0) is 18.2 Å². The zero-order chi connectivity index (χ0) is 13.4. The van der Waals surface area contributed by atoms with E-state index in [1.165, 1.54) is 6.20 Å². The number of aromatic carboxylic acids is 1. The van der Waals surface area contributed by atoms with Gasteiger partial charge in [0.1, 0.15) is 0 Å². The number of carboxylic acid groups (broad SMARTS) is 1. The third kappa shape index (κ3) is 1.83. The van der Waals surface area contributed by atoms with Gasteiger partial charge < -0.3 is 5.11 Å². The second-order valence-electron chi connectivity index (χ2n) is 4.10. The standard InChI is InChI=1S/C13H10N4O2/c1-17-12-10(7-15-17)9(13(18)19)6-11(16-12)8-2-4-14-5-3-8/h2-7H,1H3,(H,18,19). The molecule has 94 valence electrons. The minimum atomic E-state index is -0.990. The molecule has 19 heavy (non-hydrogen) atoms. The first-order chi connectivity index (χ1) is 9.16. The fourth-order valence-corrected chi connectivity index (χ4v) is 1.96. The topological polar surface area (TPSA) is 80.9 Å². The maximum atomic E-state index is 11.3. The molecule has 0 aliphatic heterocycles. The molecule has 0 amide bonds. The van der Waals surface area contributed by atoms with Crippen LogP contribution < -0.4 is 0 Å². The number of hydrogen-bond donors (Lipinski definition) is 1. The molecule has 0 radical (unpaired) electrons. The third-order valence-electron chi connectivity index (χ3n) is 2.91. The van der Waals surface area contributed by atoms with Crippen molar-refractivity contribution in [1.82, 2.24) is 19.7 Å². The van der Waals surface area contributed by atoms with Gasteiger partial charge in [0.05, 0.1) is 22.8 Å². The number of rotatable bonds is 2. The van der Waals surface area contributed by atoms with E-state index in [-0.39, 0.29) is 5.56 Å². The Bertz CT molecular complexity index is 765. The van der Waals surface area contributed by atoms with E-state index in [0.29, 0.717) is 16.7 Å². The number of aromatic nitrogens is 4. The number of nitrogens with zero attached hydrogens (tertiary/aromatic N) is 4. The molecule has 0 saturated carbocycles. The normalized spacial score (nSPS) is 10.8. The Kier molecular flexibility index (Phi) is 2.49. The molecule has 0 unspecified atom stereocenters. The van der Waals surface area contributed by atoms with Crippen LogP contribution in [0.5, 0.6) is 0 Å². The van der Waals surface area contributed by atoms with Crippen molar-refractivity contribution in [2.24, 2.45) is 7.05 Å². The van der Waals surface area contributed by atoms with E-state index in [9.17, 15) is 9.90 Å². The molecule has 3 aromatic heterocycles. The number of hydrogen-bond acceptors (Lipinski definition) is 4. The second kappa shape index (κ2) is 4.16. The van der Waals surface area contributed by atoms with Crippen molar-refractivity contribution >= 4 is 17.0 Å². The van der Waals surface area contributed by atoms with E-state index in [4.69, 9.17) is 0 Å². The van der Waals surface area contributed by atoms with Gasteiger partial charge in [0.25, 0.3) is 0 Å². The molecule has 3 heterocycles. The Labute approximate surface area is 108 Å². The van der Waals surface area contributed by atoms with Crippen LogP contribution in [0.2, 0.25) is 0 Å². The lowest BCUT2D eigenvalue weighted by Crippen LogP contribution is -2.01. The first-order valence-corrected chi connectivity index (χ1v) is 5.63. The van der Waals surface area contributed by atoms with Gasteiger partial charge in [-0.15, -0.1) is 0 Å². The van der Waals surface area contributed by atoms with Crippen LogP contribution in [0.15, 0.2) is 36.8 Å². The number of carbonyl (C=O) groups is 1. The molecule has 0 fully saturated rings. The van der Waals surface area contributed by atoms with Gasteiger partial charge in [-0.1, -0.05) is 0 Å². The molecule has 0 atom stereocenters. The smallest absolute Gasteiger partial charge is 0.336 e. The van der Waals surface area contributed by atoms with Gasteiger partial charge in [0.2, 0.25) is 0 Å². The minimum Gasteiger partial charge on any atom is -0.478 e. The zero-order valence-corrected chi connectivity index (χ0v) is 10.1. The van der Waals surface area contributed by atoms with Gasteiger partial charge in [-0.25, -0.2) is 9.78 Å². The second-order valence-corrected chi connectivity index (χ2v) is 4.10. The Morgan fingerprint density at radius 1 is 1.32 bits per heavy atom. The monoisotopic (exact) mass is 254 g/mol. The number of pyridine rings is 2.